The fraction of sp³-hybridized carbons (Fsp3) is 0.474. The number of morpholine rings is 1. The number of alkyl halides is 3. The lowest BCUT2D eigenvalue weighted by molar-refractivity contribution is -0.137. The van der Waals surface area contributed by atoms with Crippen LogP contribution in [-0.2, 0) is 15.7 Å². The summed E-state index contributed by atoms with van der Waals surface area (Å²) >= 11 is 0. The molecule has 0 saturated carbocycles. The van der Waals surface area contributed by atoms with Gasteiger partial charge in [-0.15, -0.1) is 0 Å². The van der Waals surface area contributed by atoms with E-state index in [4.69, 9.17) is 4.74 Å². The third-order valence-corrected chi connectivity index (χ3v) is 4.71. The van der Waals surface area contributed by atoms with Crippen molar-refractivity contribution in [2.24, 2.45) is 5.92 Å². The second-order valence-corrected chi connectivity index (χ2v) is 6.67. The van der Waals surface area contributed by atoms with E-state index in [2.05, 4.69) is 5.32 Å². The molecule has 2 aliphatic rings. The van der Waals surface area contributed by atoms with Gasteiger partial charge in [0.1, 0.15) is 0 Å². The lowest BCUT2D eigenvalue weighted by Crippen LogP contribution is -2.40. The predicted octanol–water partition coefficient (Wildman–Crippen LogP) is 3.47. The number of amides is 2. The quantitative estimate of drug-likeness (QED) is 0.815. The van der Waals surface area contributed by atoms with E-state index in [0.717, 1.165) is 18.6 Å². The number of nitrogens with one attached hydrogen (secondary N) is 1. The Kier molecular flexibility index (Phi) is 5.84. The van der Waals surface area contributed by atoms with Gasteiger partial charge in [-0.25, -0.2) is 0 Å². The summed E-state index contributed by atoms with van der Waals surface area (Å²) in [5.41, 5.74) is -1.06. The molecule has 146 valence electrons. The molecule has 0 aromatic heterocycles. The van der Waals surface area contributed by atoms with E-state index in [0.29, 0.717) is 39.1 Å². The molecule has 0 bridgehead atoms. The number of rotatable bonds is 3. The van der Waals surface area contributed by atoms with E-state index < -0.39 is 17.6 Å². The molecule has 1 aromatic rings. The van der Waals surface area contributed by atoms with Crippen LogP contribution in [-0.4, -0.2) is 43.0 Å². The maximum absolute atomic E-state index is 13.3. The van der Waals surface area contributed by atoms with Crippen molar-refractivity contribution in [1.29, 1.82) is 0 Å². The first-order valence-corrected chi connectivity index (χ1v) is 8.90. The molecule has 1 saturated heterocycles. The van der Waals surface area contributed by atoms with Gasteiger partial charge in [0.25, 0.3) is 5.91 Å². The minimum absolute atomic E-state index is 0.0130. The zero-order valence-corrected chi connectivity index (χ0v) is 14.7. The lowest BCUT2D eigenvalue weighted by atomic mass is 9.93. The highest BCUT2D eigenvalue weighted by Crippen LogP contribution is 2.33. The van der Waals surface area contributed by atoms with Crippen LogP contribution in [0.2, 0.25) is 0 Å². The summed E-state index contributed by atoms with van der Waals surface area (Å²) in [6.45, 7) is 1.35. The van der Waals surface area contributed by atoms with Crippen LogP contribution in [0.4, 0.5) is 18.9 Å². The Bertz CT molecular complexity index is 740. The van der Waals surface area contributed by atoms with Crippen LogP contribution in [0, 0.1) is 5.92 Å². The molecule has 1 heterocycles. The molecule has 5 nitrogen and oxygen atoms in total. The second-order valence-electron chi connectivity index (χ2n) is 6.67. The number of nitrogens with zero attached hydrogens (tertiary/aromatic N) is 1. The minimum Gasteiger partial charge on any atom is -0.378 e. The molecule has 8 heteroatoms. The SMILES string of the molecule is O=C(Nc1cc(C(=O)N2CCOCC2)cc(C(F)(F)F)c1)C1CC=CCC1. The van der Waals surface area contributed by atoms with Crippen LogP contribution < -0.4 is 5.32 Å². The zero-order valence-electron chi connectivity index (χ0n) is 14.7. The Morgan fingerprint density at radius 1 is 1.11 bits per heavy atom. The van der Waals surface area contributed by atoms with Crippen molar-refractivity contribution in [3.05, 3.63) is 41.5 Å². The molecule has 1 aliphatic carbocycles. The molecule has 1 N–H and O–H groups in total. The van der Waals surface area contributed by atoms with Gasteiger partial charge in [0.15, 0.2) is 0 Å². The summed E-state index contributed by atoms with van der Waals surface area (Å²) in [6.07, 6.45) is 1.24. The Hall–Kier alpha value is -2.35. The van der Waals surface area contributed by atoms with E-state index in [1.165, 1.54) is 11.0 Å². The van der Waals surface area contributed by atoms with E-state index in [1.807, 2.05) is 12.2 Å². The van der Waals surface area contributed by atoms with E-state index in [1.54, 1.807) is 0 Å². The fourth-order valence-corrected chi connectivity index (χ4v) is 3.21. The van der Waals surface area contributed by atoms with Gasteiger partial charge in [0, 0.05) is 30.3 Å². The first-order valence-electron chi connectivity index (χ1n) is 8.90. The Labute approximate surface area is 155 Å². The summed E-state index contributed by atoms with van der Waals surface area (Å²) in [5.74, 6) is -1.10. The normalized spacial score (nSPS) is 20.4. The molecule has 1 aromatic carbocycles. The molecule has 1 fully saturated rings. The Morgan fingerprint density at radius 3 is 2.48 bits per heavy atom. The van der Waals surface area contributed by atoms with E-state index in [-0.39, 0.29) is 23.1 Å². The highest BCUT2D eigenvalue weighted by Gasteiger charge is 2.33. The maximum Gasteiger partial charge on any atom is 0.416 e. The molecule has 0 spiro atoms. The number of carbonyl (C=O) groups is 2. The first kappa shape index (κ1) is 19.4. The highest BCUT2D eigenvalue weighted by atomic mass is 19.4. The van der Waals surface area contributed by atoms with Gasteiger partial charge in [0.2, 0.25) is 5.91 Å². The van der Waals surface area contributed by atoms with Gasteiger partial charge >= 0.3 is 6.18 Å². The second kappa shape index (κ2) is 8.12. The standard InChI is InChI=1S/C19H21F3N2O3/c20-19(21,22)15-10-14(18(26)24-6-8-27-9-7-24)11-16(12-15)23-17(25)13-4-2-1-3-5-13/h1-2,10-13H,3-9H2,(H,23,25). The monoisotopic (exact) mass is 382 g/mol. The van der Waals surface area contributed by atoms with Crippen LogP contribution in [0.1, 0.15) is 35.2 Å². The van der Waals surface area contributed by atoms with Crippen molar-refractivity contribution < 1.29 is 27.5 Å². The molecule has 2 amide bonds. The number of halogens is 3. The number of anilines is 1. The minimum atomic E-state index is -4.62. The average molecular weight is 382 g/mol. The fourth-order valence-electron chi connectivity index (χ4n) is 3.21. The average Bonchev–Trinajstić information content (AvgIpc) is 2.68. The molecule has 0 radical (unpaired) electrons. The summed E-state index contributed by atoms with van der Waals surface area (Å²) in [6, 6.07) is 3.01. The van der Waals surface area contributed by atoms with E-state index >= 15 is 0 Å². The summed E-state index contributed by atoms with van der Waals surface area (Å²) in [7, 11) is 0. The topological polar surface area (TPSA) is 58.6 Å². The van der Waals surface area contributed by atoms with Gasteiger partial charge in [-0.1, -0.05) is 12.2 Å². The number of benzene rings is 1. The number of hydrogen-bond acceptors (Lipinski definition) is 3. The summed E-state index contributed by atoms with van der Waals surface area (Å²) in [5, 5.41) is 2.55. The van der Waals surface area contributed by atoms with Crippen molar-refractivity contribution in [3.8, 4) is 0 Å². The van der Waals surface area contributed by atoms with Crippen molar-refractivity contribution in [2.75, 3.05) is 31.6 Å². The van der Waals surface area contributed by atoms with Crippen molar-refractivity contribution in [3.63, 3.8) is 0 Å². The van der Waals surface area contributed by atoms with Gasteiger partial charge in [-0.2, -0.15) is 13.2 Å². The third kappa shape index (κ3) is 4.88. The molecule has 1 unspecified atom stereocenters. The van der Waals surface area contributed by atoms with Crippen LogP contribution in [0.5, 0.6) is 0 Å². The van der Waals surface area contributed by atoms with Crippen LogP contribution in [0.25, 0.3) is 0 Å². The van der Waals surface area contributed by atoms with Gasteiger partial charge in [0.05, 0.1) is 18.8 Å². The molecular weight excluding hydrogens is 361 g/mol. The molecular formula is C19H21F3N2O3. The Balaban J connectivity index is 1.85. The number of carbonyl (C=O) groups excluding carboxylic acids is 2. The Morgan fingerprint density at radius 2 is 1.85 bits per heavy atom. The molecule has 3 rings (SSSR count). The lowest BCUT2D eigenvalue weighted by Gasteiger charge is -2.27. The third-order valence-electron chi connectivity index (χ3n) is 4.71. The summed E-state index contributed by atoms with van der Waals surface area (Å²) < 4.78 is 45.0. The predicted molar refractivity (Wildman–Crippen MR) is 93.3 cm³/mol. The smallest absolute Gasteiger partial charge is 0.378 e. The van der Waals surface area contributed by atoms with E-state index in [9.17, 15) is 22.8 Å². The first-order chi connectivity index (χ1) is 12.8. The molecule has 1 atom stereocenters. The largest absolute Gasteiger partial charge is 0.416 e. The molecule has 1 aliphatic heterocycles. The summed E-state index contributed by atoms with van der Waals surface area (Å²) in [4.78, 5) is 26.4. The van der Waals surface area contributed by atoms with Crippen LogP contribution >= 0.6 is 0 Å². The molecule has 27 heavy (non-hydrogen) atoms. The van der Waals surface area contributed by atoms with Gasteiger partial charge < -0.3 is 15.0 Å². The number of ether oxygens (including phenoxy) is 1. The van der Waals surface area contributed by atoms with Crippen molar-refractivity contribution >= 4 is 17.5 Å². The van der Waals surface area contributed by atoms with Gasteiger partial charge in [-0.3, -0.25) is 9.59 Å². The highest BCUT2D eigenvalue weighted by molar-refractivity contribution is 5.98. The van der Waals surface area contributed by atoms with Crippen molar-refractivity contribution in [2.45, 2.75) is 25.4 Å². The van der Waals surface area contributed by atoms with Crippen LogP contribution in [0.15, 0.2) is 30.4 Å². The maximum atomic E-state index is 13.3. The zero-order chi connectivity index (χ0) is 19.4. The van der Waals surface area contributed by atoms with Crippen LogP contribution in [0.3, 0.4) is 0 Å². The van der Waals surface area contributed by atoms with Gasteiger partial charge in [-0.05, 0) is 37.5 Å². The number of hydrogen-bond donors (Lipinski definition) is 1. The number of allylic oxidation sites excluding steroid dienone is 2. The van der Waals surface area contributed by atoms with Crippen molar-refractivity contribution in [1.82, 2.24) is 4.90 Å².